The quantitative estimate of drug-likeness (QED) is 0.606. The number of ketones is 1. The molecule has 0 heterocycles. The molecule has 2 rings (SSSR count). The number of carbonyl (C=O) groups excluding carboxylic acids is 1. The van der Waals surface area contributed by atoms with E-state index in [1.54, 1.807) is 0 Å². The van der Waals surface area contributed by atoms with Gasteiger partial charge in [-0.3, -0.25) is 4.79 Å². The molecular formula is C16H11F3O2. The smallest absolute Gasteiger partial charge is 0.387 e. The van der Waals surface area contributed by atoms with Crippen LogP contribution in [0.5, 0.6) is 5.75 Å². The third-order valence-electron chi connectivity index (χ3n) is 2.64. The fraction of sp³-hybridized carbons (Fsp3) is 0.0625. The van der Waals surface area contributed by atoms with Crippen molar-refractivity contribution in [1.29, 1.82) is 0 Å². The molecule has 108 valence electrons. The molecule has 0 fully saturated rings. The largest absolute Gasteiger partial charge is 0.435 e. The maximum Gasteiger partial charge on any atom is 0.387 e. The summed E-state index contributed by atoms with van der Waals surface area (Å²) in [5.41, 5.74) is 0.885. The summed E-state index contributed by atoms with van der Waals surface area (Å²) in [4.78, 5) is 11.9. The molecule has 21 heavy (non-hydrogen) atoms. The van der Waals surface area contributed by atoms with Crippen LogP contribution in [-0.2, 0) is 0 Å². The van der Waals surface area contributed by atoms with E-state index in [4.69, 9.17) is 0 Å². The molecule has 2 aromatic rings. The molecule has 0 saturated heterocycles. The van der Waals surface area contributed by atoms with Crippen molar-refractivity contribution >= 4 is 11.9 Å². The molecule has 0 radical (unpaired) electrons. The van der Waals surface area contributed by atoms with Crippen molar-refractivity contribution < 1.29 is 22.7 Å². The minimum atomic E-state index is -2.94. The number of hydrogen-bond donors (Lipinski definition) is 0. The van der Waals surface area contributed by atoms with Gasteiger partial charge in [-0.1, -0.05) is 30.3 Å². The van der Waals surface area contributed by atoms with Gasteiger partial charge >= 0.3 is 6.61 Å². The van der Waals surface area contributed by atoms with Crippen LogP contribution in [0.3, 0.4) is 0 Å². The monoisotopic (exact) mass is 292 g/mol. The van der Waals surface area contributed by atoms with Gasteiger partial charge in [-0.2, -0.15) is 8.78 Å². The van der Waals surface area contributed by atoms with Crippen molar-refractivity contribution in [1.82, 2.24) is 0 Å². The Balaban J connectivity index is 2.11. The molecule has 0 unspecified atom stereocenters. The SMILES string of the molecule is O=C(C=Cc1ccc(F)cc1)c1cccc(OC(F)F)c1. The second-order valence-corrected chi connectivity index (χ2v) is 4.16. The van der Waals surface area contributed by atoms with Crippen LogP contribution >= 0.6 is 0 Å². The Morgan fingerprint density at radius 3 is 2.48 bits per heavy atom. The van der Waals surface area contributed by atoms with Crippen molar-refractivity contribution in [3.63, 3.8) is 0 Å². The van der Waals surface area contributed by atoms with E-state index in [9.17, 15) is 18.0 Å². The normalized spacial score (nSPS) is 11.0. The number of allylic oxidation sites excluding steroid dienone is 1. The first-order valence-electron chi connectivity index (χ1n) is 6.07. The van der Waals surface area contributed by atoms with E-state index in [1.165, 1.54) is 60.7 Å². The van der Waals surface area contributed by atoms with Gasteiger partial charge in [-0.25, -0.2) is 4.39 Å². The lowest BCUT2D eigenvalue weighted by Crippen LogP contribution is -2.03. The summed E-state index contributed by atoms with van der Waals surface area (Å²) < 4.78 is 41.2. The van der Waals surface area contributed by atoms with E-state index in [0.29, 0.717) is 5.56 Å². The Morgan fingerprint density at radius 1 is 1.10 bits per heavy atom. The third kappa shape index (κ3) is 4.49. The highest BCUT2D eigenvalue weighted by atomic mass is 19.3. The highest BCUT2D eigenvalue weighted by Gasteiger charge is 2.07. The van der Waals surface area contributed by atoms with Crippen molar-refractivity contribution in [2.75, 3.05) is 0 Å². The lowest BCUT2D eigenvalue weighted by atomic mass is 10.1. The van der Waals surface area contributed by atoms with Gasteiger partial charge in [0.05, 0.1) is 0 Å². The van der Waals surface area contributed by atoms with Crippen LogP contribution in [0.25, 0.3) is 6.08 Å². The molecule has 0 aliphatic carbocycles. The summed E-state index contributed by atoms with van der Waals surface area (Å²) in [5.74, 6) is -0.805. The van der Waals surface area contributed by atoms with Gasteiger partial charge in [0, 0.05) is 5.56 Å². The minimum absolute atomic E-state index is 0.0777. The molecule has 5 heteroatoms. The van der Waals surface area contributed by atoms with Crippen LogP contribution in [-0.4, -0.2) is 12.4 Å². The van der Waals surface area contributed by atoms with Gasteiger partial charge < -0.3 is 4.74 Å². The number of benzene rings is 2. The number of hydrogen-bond acceptors (Lipinski definition) is 2. The Bertz CT molecular complexity index is 649. The van der Waals surface area contributed by atoms with Crippen molar-refractivity contribution in [2.45, 2.75) is 6.61 Å². The first-order valence-corrected chi connectivity index (χ1v) is 6.07. The summed E-state index contributed by atoms with van der Waals surface area (Å²) in [6.45, 7) is -2.94. The molecule has 0 spiro atoms. The molecule has 0 aliphatic heterocycles. The lowest BCUT2D eigenvalue weighted by molar-refractivity contribution is -0.0498. The zero-order chi connectivity index (χ0) is 15.2. The molecule has 0 saturated carbocycles. The fourth-order valence-electron chi connectivity index (χ4n) is 1.67. The van der Waals surface area contributed by atoms with E-state index >= 15 is 0 Å². The van der Waals surface area contributed by atoms with E-state index < -0.39 is 6.61 Å². The first kappa shape index (κ1) is 14.8. The summed E-state index contributed by atoms with van der Waals surface area (Å²) in [6.07, 6.45) is 2.80. The molecule has 2 aromatic carbocycles. The highest BCUT2D eigenvalue weighted by Crippen LogP contribution is 2.17. The maximum atomic E-state index is 12.7. The summed E-state index contributed by atoms with van der Waals surface area (Å²) >= 11 is 0. The second kappa shape index (κ2) is 6.74. The topological polar surface area (TPSA) is 26.3 Å². The number of alkyl halides is 2. The first-order chi connectivity index (χ1) is 10.0. The number of halogens is 3. The van der Waals surface area contributed by atoms with Gasteiger partial charge in [0.2, 0.25) is 0 Å². The summed E-state index contributed by atoms with van der Waals surface area (Å²) in [6, 6.07) is 11.1. The van der Waals surface area contributed by atoms with E-state index in [2.05, 4.69) is 4.74 Å². The zero-order valence-corrected chi connectivity index (χ0v) is 10.8. The Hall–Kier alpha value is -2.56. The average molecular weight is 292 g/mol. The van der Waals surface area contributed by atoms with Crippen LogP contribution in [0.1, 0.15) is 15.9 Å². The Morgan fingerprint density at radius 2 is 1.81 bits per heavy atom. The van der Waals surface area contributed by atoms with Gasteiger partial charge in [-0.05, 0) is 35.9 Å². The van der Waals surface area contributed by atoms with Gasteiger partial charge in [0.15, 0.2) is 5.78 Å². The highest BCUT2D eigenvalue weighted by molar-refractivity contribution is 6.07. The molecule has 2 nitrogen and oxygen atoms in total. The van der Waals surface area contributed by atoms with Gasteiger partial charge in [0.25, 0.3) is 0 Å². The van der Waals surface area contributed by atoms with Crippen LogP contribution in [0.2, 0.25) is 0 Å². The van der Waals surface area contributed by atoms with Crippen molar-refractivity contribution in [2.24, 2.45) is 0 Å². The third-order valence-corrected chi connectivity index (χ3v) is 2.64. The summed E-state index contributed by atoms with van der Waals surface area (Å²) in [5, 5.41) is 0. The molecule has 0 N–H and O–H groups in total. The standard InChI is InChI=1S/C16H11F3O2/c17-13-7-4-11(5-8-13)6-9-15(20)12-2-1-3-14(10-12)21-16(18)19/h1-10,16H. The fourth-order valence-corrected chi connectivity index (χ4v) is 1.67. The van der Waals surface area contributed by atoms with Gasteiger partial charge in [0.1, 0.15) is 11.6 Å². The Labute approximate surface area is 119 Å². The molecular weight excluding hydrogens is 281 g/mol. The Kier molecular flexibility index (Phi) is 4.77. The molecule has 0 amide bonds. The number of rotatable bonds is 5. The van der Waals surface area contributed by atoms with Crippen molar-refractivity contribution in [3.05, 3.63) is 71.6 Å². The number of ether oxygens (including phenoxy) is 1. The molecule has 0 atom stereocenters. The average Bonchev–Trinajstić information content (AvgIpc) is 2.46. The lowest BCUT2D eigenvalue weighted by Gasteiger charge is -2.04. The maximum absolute atomic E-state index is 12.7. The van der Waals surface area contributed by atoms with E-state index in [-0.39, 0.29) is 22.9 Å². The zero-order valence-electron chi connectivity index (χ0n) is 10.8. The molecule has 0 bridgehead atoms. The van der Waals surface area contributed by atoms with Crippen molar-refractivity contribution in [3.8, 4) is 5.75 Å². The second-order valence-electron chi connectivity index (χ2n) is 4.16. The minimum Gasteiger partial charge on any atom is -0.435 e. The molecule has 0 aliphatic rings. The van der Waals surface area contributed by atoms with Gasteiger partial charge in [-0.15, -0.1) is 0 Å². The van der Waals surface area contributed by atoms with Crippen LogP contribution in [0, 0.1) is 5.82 Å². The summed E-state index contributed by atoms with van der Waals surface area (Å²) in [7, 11) is 0. The predicted molar refractivity (Wildman–Crippen MR) is 72.8 cm³/mol. The van der Waals surface area contributed by atoms with E-state index in [1.807, 2.05) is 0 Å². The van der Waals surface area contributed by atoms with Crippen LogP contribution in [0.4, 0.5) is 13.2 Å². The predicted octanol–water partition coefficient (Wildman–Crippen LogP) is 4.32. The van der Waals surface area contributed by atoms with Crippen LogP contribution < -0.4 is 4.74 Å². The van der Waals surface area contributed by atoms with E-state index in [0.717, 1.165) is 0 Å². The number of carbonyl (C=O) groups is 1. The molecule has 0 aromatic heterocycles. The van der Waals surface area contributed by atoms with Crippen LogP contribution in [0.15, 0.2) is 54.6 Å².